The number of primary amides is 1. The number of nitrogens with two attached hydrogens (primary N) is 1. The molecule has 0 saturated heterocycles. The molecule has 3 aliphatic rings. The lowest BCUT2D eigenvalue weighted by Crippen LogP contribution is -2.65. The molecule has 1 fully saturated rings. The molecule has 0 spiro atoms. The Kier molecular flexibility index (Phi) is 5.57. The summed E-state index contributed by atoms with van der Waals surface area (Å²) in [5.41, 5.74) is 3.59. The van der Waals surface area contributed by atoms with E-state index in [-0.39, 0.29) is 29.7 Å². The fourth-order valence-corrected chi connectivity index (χ4v) is 6.58. The van der Waals surface area contributed by atoms with Crippen LogP contribution in [0.1, 0.15) is 17.5 Å². The molecule has 1 amide bonds. The van der Waals surface area contributed by atoms with Crippen molar-refractivity contribution in [3.05, 3.63) is 69.8 Å². The molecule has 2 aromatic rings. The largest absolute Gasteiger partial charge is 0.508 e. The number of aliphatic hydroxyl groups is 3. The van der Waals surface area contributed by atoms with Crippen LogP contribution in [0.3, 0.4) is 0 Å². The van der Waals surface area contributed by atoms with E-state index in [0.717, 1.165) is 28.6 Å². The Morgan fingerprint density at radius 3 is 2.57 bits per heavy atom. The number of amides is 1. The van der Waals surface area contributed by atoms with E-state index >= 15 is 0 Å². The number of phenols is 1. The standard InChI is InChI=1S/C26H23N3O7S/c1-2-29(10-27)20-15-8-12-7-14-13(11-5-6-37-9-11)3-4-16(30)18(14)21(31)17(12)23(33)26(15,36)24(34)19(22(20)32)25(28)35/h2-6,9-10,12,15,20,27,30-31,34,36H,1,7-8H2,(H2,28,35)/t12-,15-,20-,26-/m0/s1. The van der Waals surface area contributed by atoms with Gasteiger partial charge in [-0.25, -0.2) is 0 Å². The number of hydrogen-bond donors (Lipinski definition) is 6. The van der Waals surface area contributed by atoms with Gasteiger partial charge in [0, 0.05) is 11.5 Å². The number of nitrogens with zero attached hydrogens (tertiary/aromatic N) is 1. The number of rotatable bonds is 5. The van der Waals surface area contributed by atoms with E-state index in [2.05, 4.69) is 6.58 Å². The van der Waals surface area contributed by atoms with E-state index < -0.39 is 58.0 Å². The Bertz CT molecular complexity index is 1450. The first-order valence-corrected chi connectivity index (χ1v) is 12.3. The third kappa shape index (κ3) is 3.20. The van der Waals surface area contributed by atoms with E-state index in [1.54, 1.807) is 6.07 Å². The van der Waals surface area contributed by atoms with Gasteiger partial charge in [-0.2, -0.15) is 11.3 Å². The summed E-state index contributed by atoms with van der Waals surface area (Å²) in [6.45, 7) is 3.57. The van der Waals surface area contributed by atoms with Gasteiger partial charge in [-0.1, -0.05) is 12.6 Å². The molecule has 0 bridgehead atoms. The molecule has 7 N–H and O–H groups in total. The highest BCUT2D eigenvalue weighted by Crippen LogP contribution is 2.53. The zero-order valence-electron chi connectivity index (χ0n) is 19.3. The molecule has 37 heavy (non-hydrogen) atoms. The summed E-state index contributed by atoms with van der Waals surface area (Å²) in [6, 6.07) is 3.56. The van der Waals surface area contributed by atoms with Crippen LogP contribution in [0, 0.1) is 17.2 Å². The number of phenolic OH excluding ortho intramolecular Hbond substituents is 1. The van der Waals surface area contributed by atoms with Crippen LogP contribution in [0.25, 0.3) is 16.9 Å². The smallest absolute Gasteiger partial charge is 0.255 e. The van der Waals surface area contributed by atoms with Crippen LogP contribution in [0.4, 0.5) is 0 Å². The number of aromatic hydroxyl groups is 1. The second kappa shape index (κ2) is 8.43. The predicted octanol–water partition coefficient (Wildman–Crippen LogP) is 2.18. The molecule has 11 heteroatoms. The molecule has 4 atom stereocenters. The fourth-order valence-electron chi connectivity index (χ4n) is 5.93. The molecule has 1 aromatic carbocycles. The summed E-state index contributed by atoms with van der Waals surface area (Å²) in [5, 5.41) is 56.0. The molecule has 5 rings (SSSR count). The van der Waals surface area contributed by atoms with Crippen LogP contribution in [0.15, 0.2) is 58.6 Å². The molecule has 1 heterocycles. The quantitative estimate of drug-likeness (QED) is 0.196. The molecule has 0 aliphatic heterocycles. The van der Waals surface area contributed by atoms with Gasteiger partial charge >= 0.3 is 0 Å². The maximum Gasteiger partial charge on any atom is 0.255 e. The first kappa shape index (κ1) is 24.5. The van der Waals surface area contributed by atoms with Crippen molar-refractivity contribution in [3.63, 3.8) is 0 Å². The second-order valence-corrected chi connectivity index (χ2v) is 10.0. The Labute approximate surface area is 214 Å². The van der Waals surface area contributed by atoms with Crippen molar-refractivity contribution in [2.45, 2.75) is 24.5 Å². The topological polar surface area (TPSA) is 185 Å². The SMILES string of the molecule is C=CN(C=N)[C@@H]1C(=O)C(C(N)=O)=C(O)[C@@]2(O)C(=O)C3=C(O)c4c(O)ccc(-c5ccsc5)c4C[C@H]3C[C@@H]12. The minimum absolute atomic E-state index is 0.0413. The van der Waals surface area contributed by atoms with Crippen LogP contribution < -0.4 is 5.73 Å². The number of ketones is 2. The van der Waals surface area contributed by atoms with Gasteiger partial charge < -0.3 is 31.1 Å². The summed E-state index contributed by atoms with van der Waals surface area (Å²) < 4.78 is 0. The van der Waals surface area contributed by atoms with Crippen molar-refractivity contribution in [1.82, 2.24) is 4.90 Å². The van der Waals surface area contributed by atoms with Gasteiger partial charge in [0.1, 0.15) is 28.9 Å². The van der Waals surface area contributed by atoms with E-state index in [0.29, 0.717) is 5.56 Å². The number of benzene rings is 1. The summed E-state index contributed by atoms with van der Waals surface area (Å²) in [7, 11) is 0. The number of Topliss-reactive ketones (excluding diaryl/α,β-unsaturated/α-hetero) is 2. The van der Waals surface area contributed by atoms with Gasteiger partial charge in [0.15, 0.2) is 11.4 Å². The first-order valence-electron chi connectivity index (χ1n) is 11.3. The third-order valence-corrected chi connectivity index (χ3v) is 8.24. The van der Waals surface area contributed by atoms with Crippen molar-refractivity contribution < 1.29 is 34.8 Å². The molecule has 3 aliphatic carbocycles. The maximum atomic E-state index is 13.9. The van der Waals surface area contributed by atoms with Gasteiger partial charge in [0.25, 0.3) is 5.91 Å². The van der Waals surface area contributed by atoms with Crippen LogP contribution in [0.2, 0.25) is 0 Å². The predicted molar refractivity (Wildman–Crippen MR) is 135 cm³/mol. The minimum atomic E-state index is -2.79. The van der Waals surface area contributed by atoms with Gasteiger partial charge in [-0.3, -0.25) is 19.8 Å². The molecule has 0 unspecified atom stereocenters. The molecule has 0 radical (unpaired) electrons. The number of fused-ring (bicyclic) bond motifs is 3. The van der Waals surface area contributed by atoms with Gasteiger partial charge in [-0.05, 0) is 64.5 Å². The van der Waals surface area contributed by atoms with Crippen molar-refractivity contribution in [1.29, 1.82) is 5.41 Å². The maximum absolute atomic E-state index is 13.9. The van der Waals surface area contributed by atoms with Crippen molar-refractivity contribution >= 4 is 40.9 Å². The normalized spacial score (nSPS) is 26.8. The molecule has 190 valence electrons. The van der Waals surface area contributed by atoms with E-state index in [4.69, 9.17) is 11.1 Å². The Morgan fingerprint density at radius 2 is 1.97 bits per heavy atom. The van der Waals surface area contributed by atoms with Crippen LogP contribution in [-0.2, 0) is 20.8 Å². The van der Waals surface area contributed by atoms with Crippen LogP contribution in [0.5, 0.6) is 5.75 Å². The summed E-state index contributed by atoms with van der Waals surface area (Å²) >= 11 is 1.47. The second-order valence-electron chi connectivity index (χ2n) is 9.25. The van der Waals surface area contributed by atoms with Gasteiger partial charge in [0.2, 0.25) is 5.78 Å². The average molecular weight is 522 g/mol. The van der Waals surface area contributed by atoms with E-state index in [9.17, 15) is 34.8 Å². The number of hydrogen-bond acceptors (Lipinski definition) is 9. The number of thiophene rings is 1. The molecule has 10 nitrogen and oxygen atoms in total. The number of aliphatic hydroxyl groups excluding tert-OH is 2. The monoisotopic (exact) mass is 521 g/mol. The van der Waals surface area contributed by atoms with E-state index in [1.165, 1.54) is 17.4 Å². The highest BCUT2D eigenvalue weighted by atomic mass is 32.1. The lowest BCUT2D eigenvalue weighted by Gasteiger charge is -2.50. The number of carbonyl (C=O) groups excluding carboxylic acids is 3. The Balaban J connectivity index is 1.76. The summed E-state index contributed by atoms with van der Waals surface area (Å²) in [4.78, 5) is 40.3. The molecule has 1 saturated carbocycles. The molecular weight excluding hydrogens is 498 g/mol. The third-order valence-electron chi connectivity index (χ3n) is 7.56. The van der Waals surface area contributed by atoms with Crippen LogP contribution >= 0.6 is 11.3 Å². The zero-order valence-corrected chi connectivity index (χ0v) is 20.2. The fraction of sp³-hybridized carbons (Fsp3) is 0.231. The first-order chi connectivity index (χ1) is 17.6. The van der Waals surface area contributed by atoms with Crippen molar-refractivity contribution in [2.75, 3.05) is 0 Å². The number of carbonyl (C=O) groups is 3. The van der Waals surface area contributed by atoms with Gasteiger partial charge in [0.05, 0.1) is 11.9 Å². The average Bonchev–Trinajstić information content (AvgIpc) is 3.38. The zero-order chi connectivity index (χ0) is 26.8. The van der Waals surface area contributed by atoms with Crippen molar-refractivity contribution in [3.8, 4) is 16.9 Å². The molecule has 1 aromatic heterocycles. The van der Waals surface area contributed by atoms with Gasteiger partial charge in [-0.15, -0.1) is 0 Å². The highest BCUT2D eigenvalue weighted by molar-refractivity contribution is 7.08. The summed E-state index contributed by atoms with van der Waals surface area (Å²) in [6.07, 6.45) is 1.99. The molecular formula is C26H23N3O7S. The van der Waals surface area contributed by atoms with Crippen molar-refractivity contribution in [2.24, 2.45) is 17.6 Å². The van der Waals surface area contributed by atoms with Crippen LogP contribution in [-0.4, -0.2) is 60.8 Å². The highest BCUT2D eigenvalue weighted by Gasteiger charge is 2.64. The lowest BCUT2D eigenvalue weighted by atomic mass is 9.57. The Morgan fingerprint density at radius 1 is 1.24 bits per heavy atom. The Hall–Kier alpha value is -4.22. The minimum Gasteiger partial charge on any atom is -0.508 e. The summed E-state index contributed by atoms with van der Waals surface area (Å²) in [5.74, 6) is -7.44. The lowest BCUT2D eigenvalue weighted by molar-refractivity contribution is -0.152. The van der Waals surface area contributed by atoms with E-state index in [1.807, 2.05) is 16.8 Å². The number of nitrogens with one attached hydrogen (secondary N) is 1.